The highest BCUT2D eigenvalue weighted by molar-refractivity contribution is 7.98. The van der Waals surface area contributed by atoms with Crippen LogP contribution in [0.1, 0.15) is 10.5 Å². The molecule has 0 aromatic carbocycles. The Morgan fingerprint density at radius 1 is 1.60 bits per heavy atom. The van der Waals surface area contributed by atoms with Gasteiger partial charge in [0.05, 0.1) is 10.7 Å². The van der Waals surface area contributed by atoms with Crippen LogP contribution in [0.25, 0.3) is 0 Å². The van der Waals surface area contributed by atoms with Crippen LogP contribution in [0, 0.1) is 0 Å². The Balaban J connectivity index is 3.08. The zero-order valence-electron chi connectivity index (χ0n) is 6.00. The zero-order valence-corrected chi connectivity index (χ0v) is 6.81. The number of thioether (sulfide) groups is 1. The molecule has 2 nitrogen and oxygen atoms in total. The molecule has 1 aromatic heterocycles. The van der Waals surface area contributed by atoms with Crippen molar-refractivity contribution in [2.24, 2.45) is 7.05 Å². The molecule has 10 heavy (non-hydrogen) atoms. The van der Waals surface area contributed by atoms with Gasteiger partial charge in [-0.3, -0.25) is 4.79 Å². The molecule has 0 aliphatic rings. The number of nitrogens with zero attached hydrogens (tertiary/aromatic N) is 1. The van der Waals surface area contributed by atoms with E-state index >= 15 is 0 Å². The number of carbonyl (C=O) groups is 1. The van der Waals surface area contributed by atoms with Gasteiger partial charge < -0.3 is 4.57 Å². The minimum atomic E-state index is 0.726. The van der Waals surface area contributed by atoms with Crippen LogP contribution in [0.15, 0.2) is 17.2 Å². The standard InChI is InChI=1S/C7H9NOS/c1-8-6(5-9)3-4-7(8)10-2/h3-5H,1-2H3. The van der Waals surface area contributed by atoms with Gasteiger partial charge in [-0.2, -0.15) is 0 Å². The highest BCUT2D eigenvalue weighted by Gasteiger charge is 1.99. The van der Waals surface area contributed by atoms with Crippen molar-refractivity contribution in [1.29, 1.82) is 0 Å². The van der Waals surface area contributed by atoms with E-state index in [0.717, 1.165) is 17.0 Å². The predicted molar refractivity (Wildman–Crippen MR) is 42.6 cm³/mol. The van der Waals surface area contributed by atoms with Crippen molar-refractivity contribution >= 4 is 18.0 Å². The van der Waals surface area contributed by atoms with Crippen LogP contribution < -0.4 is 0 Å². The molecule has 3 heteroatoms. The fourth-order valence-electron chi connectivity index (χ4n) is 0.831. The summed E-state index contributed by atoms with van der Waals surface area (Å²) in [6.07, 6.45) is 2.85. The van der Waals surface area contributed by atoms with Gasteiger partial charge in [0.15, 0.2) is 6.29 Å². The molecule has 0 fully saturated rings. The number of hydrogen-bond acceptors (Lipinski definition) is 2. The smallest absolute Gasteiger partial charge is 0.166 e. The molecule has 0 unspecified atom stereocenters. The highest BCUT2D eigenvalue weighted by atomic mass is 32.2. The Morgan fingerprint density at radius 3 is 2.60 bits per heavy atom. The van der Waals surface area contributed by atoms with Gasteiger partial charge in [-0.25, -0.2) is 0 Å². The number of aromatic nitrogens is 1. The van der Waals surface area contributed by atoms with Crippen molar-refractivity contribution in [1.82, 2.24) is 4.57 Å². The van der Waals surface area contributed by atoms with Crippen LogP contribution in [0.3, 0.4) is 0 Å². The van der Waals surface area contributed by atoms with Crippen molar-refractivity contribution in [3.05, 3.63) is 17.8 Å². The SMILES string of the molecule is CSc1ccc(C=O)n1C. The van der Waals surface area contributed by atoms with Crippen LogP contribution in [0.2, 0.25) is 0 Å². The summed E-state index contributed by atoms with van der Waals surface area (Å²) in [4.78, 5) is 10.3. The summed E-state index contributed by atoms with van der Waals surface area (Å²) >= 11 is 1.64. The van der Waals surface area contributed by atoms with Gasteiger partial charge in [0.25, 0.3) is 0 Å². The highest BCUT2D eigenvalue weighted by Crippen LogP contribution is 2.15. The number of aldehydes is 1. The van der Waals surface area contributed by atoms with Gasteiger partial charge in [-0.15, -0.1) is 11.8 Å². The van der Waals surface area contributed by atoms with Crippen LogP contribution in [-0.2, 0) is 7.05 Å². The molecule has 1 rings (SSSR count). The molecule has 0 aliphatic heterocycles. The lowest BCUT2D eigenvalue weighted by atomic mass is 10.5. The van der Waals surface area contributed by atoms with E-state index in [-0.39, 0.29) is 0 Å². The third-order valence-electron chi connectivity index (χ3n) is 1.44. The van der Waals surface area contributed by atoms with Gasteiger partial charge in [-0.1, -0.05) is 0 Å². The van der Waals surface area contributed by atoms with Crippen LogP contribution in [-0.4, -0.2) is 17.1 Å². The summed E-state index contributed by atoms with van der Waals surface area (Å²) in [6.45, 7) is 0. The molecule has 1 aromatic rings. The molecule has 0 N–H and O–H groups in total. The Hall–Kier alpha value is -0.700. The van der Waals surface area contributed by atoms with E-state index in [1.807, 2.05) is 30.0 Å². The summed E-state index contributed by atoms with van der Waals surface area (Å²) in [5.41, 5.74) is 0.726. The molecule has 54 valence electrons. The van der Waals surface area contributed by atoms with Crippen molar-refractivity contribution in [3.8, 4) is 0 Å². The van der Waals surface area contributed by atoms with E-state index in [9.17, 15) is 4.79 Å². The molecular formula is C7H9NOS. The minimum Gasteiger partial charge on any atom is -0.337 e. The topological polar surface area (TPSA) is 22.0 Å². The fraction of sp³-hybridized carbons (Fsp3) is 0.286. The molecule has 0 spiro atoms. The average Bonchev–Trinajstić information content (AvgIpc) is 2.30. The lowest BCUT2D eigenvalue weighted by Crippen LogP contribution is -1.94. The first-order chi connectivity index (χ1) is 4.79. The predicted octanol–water partition coefficient (Wildman–Crippen LogP) is 1.56. The van der Waals surface area contributed by atoms with E-state index in [1.54, 1.807) is 11.8 Å². The third kappa shape index (κ3) is 1.09. The summed E-state index contributed by atoms with van der Waals surface area (Å²) < 4.78 is 1.87. The second-order valence-electron chi connectivity index (χ2n) is 1.98. The minimum absolute atomic E-state index is 0.726. The molecule has 0 aliphatic carbocycles. The maximum absolute atomic E-state index is 10.3. The fourth-order valence-corrected chi connectivity index (χ4v) is 1.41. The maximum atomic E-state index is 10.3. The monoisotopic (exact) mass is 155 g/mol. The van der Waals surface area contributed by atoms with Crippen molar-refractivity contribution < 1.29 is 4.79 Å². The van der Waals surface area contributed by atoms with E-state index < -0.39 is 0 Å². The molecule has 0 atom stereocenters. The average molecular weight is 155 g/mol. The first-order valence-corrected chi connectivity index (χ1v) is 4.17. The summed E-state index contributed by atoms with van der Waals surface area (Å²) in [7, 11) is 1.88. The van der Waals surface area contributed by atoms with Gasteiger partial charge in [0.1, 0.15) is 0 Å². The molecule has 0 bridgehead atoms. The van der Waals surface area contributed by atoms with Crippen molar-refractivity contribution in [2.45, 2.75) is 5.03 Å². The maximum Gasteiger partial charge on any atom is 0.166 e. The van der Waals surface area contributed by atoms with Gasteiger partial charge in [-0.05, 0) is 18.4 Å². The summed E-state index contributed by atoms with van der Waals surface area (Å²) in [5, 5.41) is 1.11. The first-order valence-electron chi connectivity index (χ1n) is 2.94. The van der Waals surface area contributed by atoms with Gasteiger partial charge in [0.2, 0.25) is 0 Å². The van der Waals surface area contributed by atoms with Crippen LogP contribution in [0.5, 0.6) is 0 Å². The molecule has 0 amide bonds. The second-order valence-corrected chi connectivity index (χ2v) is 2.80. The van der Waals surface area contributed by atoms with E-state index in [4.69, 9.17) is 0 Å². The molecule has 0 saturated heterocycles. The lowest BCUT2D eigenvalue weighted by molar-refractivity contribution is 0.111. The largest absolute Gasteiger partial charge is 0.337 e. The van der Waals surface area contributed by atoms with E-state index in [0.29, 0.717) is 0 Å². The molecular weight excluding hydrogens is 146 g/mol. The van der Waals surface area contributed by atoms with Gasteiger partial charge in [0, 0.05) is 7.05 Å². The van der Waals surface area contributed by atoms with E-state index in [1.165, 1.54) is 0 Å². The third-order valence-corrected chi connectivity index (χ3v) is 2.27. The molecule has 0 saturated carbocycles. The van der Waals surface area contributed by atoms with Crippen molar-refractivity contribution in [3.63, 3.8) is 0 Å². The summed E-state index contributed by atoms with van der Waals surface area (Å²) in [5.74, 6) is 0. The normalized spacial score (nSPS) is 9.80. The Labute approximate surface area is 64.2 Å². The Bertz CT molecular complexity index is 242. The number of rotatable bonds is 2. The number of hydrogen-bond donors (Lipinski definition) is 0. The van der Waals surface area contributed by atoms with Crippen molar-refractivity contribution in [2.75, 3.05) is 6.26 Å². The Kier molecular flexibility index (Phi) is 2.17. The molecule has 1 heterocycles. The first kappa shape index (κ1) is 7.41. The quantitative estimate of drug-likeness (QED) is 0.477. The lowest BCUT2D eigenvalue weighted by Gasteiger charge is -1.98. The van der Waals surface area contributed by atoms with Crippen LogP contribution >= 0.6 is 11.8 Å². The number of carbonyl (C=O) groups excluding carboxylic acids is 1. The second kappa shape index (κ2) is 2.92. The van der Waals surface area contributed by atoms with E-state index in [2.05, 4.69) is 0 Å². The van der Waals surface area contributed by atoms with Gasteiger partial charge >= 0.3 is 0 Å². The van der Waals surface area contributed by atoms with Crippen LogP contribution in [0.4, 0.5) is 0 Å². The zero-order chi connectivity index (χ0) is 7.56. The summed E-state index contributed by atoms with van der Waals surface area (Å²) in [6, 6.07) is 3.76. The molecule has 0 radical (unpaired) electrons. The Morgan fingerprint density at radius 2 is 2.30 bits per heavy atom.